The number of rotatable bonds is 1. The molecule has 3 atom stereocenters. The quantitative estimate of drug-likeness (QED) is 0.826. The molecule has 1 unspecified atom stereocenters. The normalized spacial score (nSPS) is 33.6. The van der Waals surface area contributed by atoms with E-state index >= 15 is 0 Å². The van der Waals surface area contributed by atoms with Gasteiger partial charge < -0.3 is 15.2 Å². The molecule has 1 aromatic carbocycles. The lowest BCUT2D eigenvalue weighted by Gasteiger charge is -2.47. The minimum absolute atomic E-state index is 0.268. The van der Waals surface area contributed by atoms with Gasteiger partial charge in [0.15, 0.2) is 0 Å². The van der Waals surface area contributed by atoms with Gasteiger partial charge in [-0.3, -0.25) is 0 Å². The van der Waals surface area contributed by atoms with Crippen molar-refractivity contribution in [2.45, 2.75) is 37.0 Å². The first kappa shape index (κ1) is 15.6. The summed E-state index contributed by atoms with van der Waals surface area (Å²) in [6.07, 6.45) is 1.81. The molecule has 122 valence electrons. The largest absolute Gasteiger partial charge is 0.378 e. The Hall–Kier alpha value is -0.910. The number of hydrogen-bond acceptors (Lipinski definition) is 4. The van der Waals surface area contributed by atoms with Crippen molar-refractivity contribution in [1.29, 1.82) is 0 Å². The fourth-order valence-electron chi connectivity index (χ4n) is 3.87. The van der Waals surface area contributed by atoms with Crippen molar-refractivity contribution in [3.8, 4) is 0 Å². The van der Waals surface area contributed by atoms with E-state index in [1.165, 1.54) is 0 Å². The summed E-state index contributed by atoms with van der Waals surface area (Å²) >= 11 is 7.89. The van der Waals surface area contributed by atoms with Crippen molar-refractivity contribution in [3.63, 3.8) is 0 Å². The fourth-order valence-corrected chi connectivity index (χ4v) is 5.35. The van der Waals surface area contributed by atoms with Gasteiger partial charge in [-0.2, -0.15) is 0 Å². The minimum atomic E-state index is -1.13. The number of aliphatic hydroxyl groups is 1. The summed E-state index contributed by atoms with van der Waals surface area (Å²) in [4.78, 5) is 1.09. The van der Waals surface area contributed by atoms with Gasteiger partial charge in [-0.25, -0.2) is 0 Å². The van der Waals surface area contributed by atoms with Crippen LogP contribution in [-0.2, 0) is 15.9 Å². The topological polar surface area (TPSA) is 41.5 Å². The van der Waals surface area contributed by atoms with E-state index in [2.05, 4.69) is 12.2 Å². The molecular formula is C18H20ClNO2S. The predicted molar refractivity (Wildman–Crippen MR) is 93.1 cm³/mol. The summed E-state index contributed by atoms with van der Waals surface area (Å²) < 4.78 is 7.06. The van der Waals surface area contributed by atoms with Crippen molar-refractivity contribution in [2.24, 2.45) is 0 Å². The summed E-state index contributed by atoms with van der Waals surface area (Å²) in [6.45, 7) is 3.36. The van der Waals surface area contributed by atoms with Crippen molar-refractivity contribution >= 4 is 22.9 Å². The fraction of sp³-hybridized carbons (Fsp3) is 0.444. The highest BCUT2D eigenvalue weighted by Gasteiger charge is 2.50. The number of nitrogens with one attached hydrogen (secondary N) is 1. The Balaban J connectivity index is 1.85. The van der Waals surface area contributed by atoms with Crippen LogP contribution in [0.3, 0.4) is 0 Å². The lowest BCUT2D eigenvalue weighted by Crippen LogP contribution is -2.52. The molecule has 1 fully saturated rings. The van der Waals surface area contributed by atoms with E-state index in [0.717, 1.165) is 35.4 Å². The van der Waals surface area contributed by atoms with E-state index in [0.29, 0.717) is 10.4 Å². The SMILES string of the molecule is C[C@H]1C[C@@]2(CCN1)OCC(O)(c1ccccc1)c1cc(Cl)sc12. The Labute approximate surface area is 145 Å². The number of halogens is 1. The second-order valence-corrected chi connectivity index (χ2v) is 8.30. The number of thiophene rings is 1. The molecule has 0 bridgehead atoms. The van der Waals surface area contributed by atoms with Gasteiger partial charge in [-0.05, 0) is 37.9 Å². The number of benzene rings is 1. The van der Waals surface area contributed by atoms with Crippen molar-refractivity contribution < 1.29 is 9.84 Å². The van der Waals surface area contributed by atoms with Crippen LogP contribution in [0, 0.1) is 0 Å². The second kappa shape index (κ2) is 5.57. The maximum atomic E-state index is 11.4. The highest BCUT2D eigenvalue weighted by atomic mass is 35.5. The third-order valence-electron chi connectivity index (χ3n) is 5.03. The molecular weight excluding hydrogens is 330 g/mol. The summed E-state index contributed by atoms with van der Waals surface area (Å²) in [7, 11) is 0. The van der Waals surface area contributed by atoms with Crippen LogP contribution in [0.5, 0.6) is 0 Å². The van der Waals surface area contributed by atoms with Gasteiger partial charge in [0.1, 0.15) is 11.2 Å². The van der Waals surface area contributed by atoms with E-state index in [-0.39, 0.29) is 12.2 Å². The summed E-state index contributed by atoms with van der Waals surface area (Å²) in [5, 5.41) is 14.9. The summed E-state index contributed by atoms with van der Waals surface area (Å²) in [6, 6.07) is 12.0. The van der Waals surface area contributed by atoms with E-state index in [9.17, 15) is 5.11 Å². The monoisotopic (exact) mass is 349 g/mol. The van der Waals surface area contributed by atoms with Crippen LogP contribution in [0.15, 0.2) is 36.4 Å². The Morgan fingerprint density at radius 2 is 2.13 bits per heavy atom. The minimum Gasteiger partial charge on any atom is -0.378 e. The average molecular weight is 350 g/mol. The lowest BCUT2D eigenvalue weighted by atomic mass is 9.77. The third kappa shape index (κ3) is 2.44. The Bertz CT molecular complexity index is 719. The number of fused-ring (bicyclic) bond motifs is 2. The van der Waals surface area contributed by atoms with Crippen LogP contribution < -0.4 is 5.32 Å². The second-order valence-electron chi connectivity index (χ2n) is 6.61. The van der Waals surface area contributed by atoms with E-state index in [1.807, 2.05) is 36.4 Å². The Kier molecular flexibility index (Phi) is 3.78. The predicted octanol–water partition coefficient (Wildman–Crippen LogP) is 3.63. The molecule has 2 N–H and O–H groups in total. The highest BCUT2D eigenvalue weighted by Crippen LogP contribution is 2.52. The molecule has 2 aliphatic heterocycles. The van der Waals surface area contributed by atoms with E-state index < -0.39 is 5.60 Å². The number of ether oxygens (including phenoxy) is 1. The van der Waals surface area contributed by atoms with Crippen LogP contribution in [0.25, 0.3) is 0 Å². The van der Waals surface area contributed by atoms with Gasteiger partial charge in [0.25, 0.3) is 0 Å². The maximum Gasteiger partial charge on any atom is 0.139 e. The van der Waals surface area contributed by atoms with Crippen molar-refractivity contribution in [1.82, 2.24) is 5.32 Å². The first-order valence-electron chi connectivity index (χ1n) is 7.99. The molecule has 0 aliphatic carbocycles. The van der Waals surface area contributed by atoms with Gasteiger partial charge in [0.2, 0.25) is 0 Å². The summed E-state index contributed by atoms with van der Waals surface area (Å²) in [5.74, 6) is 0. The summed E-state index contributed by atoms with van der Waals surface area (Å²) in [5.41, 5.74) is 0.324. The molecule has 23 heavy (non-hydrogen) atoms. The molecule has 3 heterocycles. The highest BCUT2D eigenvalue weighted by molar-refractivity contribution is 7.16. The zero-order chi connectivity index (χ0) is 16.1. The van der Waals surface area contributed by atoms with Crippen molar-refractivity contribution in [2.75, 3.05) is 13.2 Å². The van der Waals surface area contributed by atoms with Crippen LogP contribution in [0.1, 0.15) is 35.8 Å². The first-order valence-corrected chi connectivity index (χ1v) is 9.18. The number of hydrogen-bond donors (Lipinski definition) is 2. The molecule has 1 spiro atoms. The molecule has 0 saturated carbocycles. The molecule has 2 aromatic rings. The first-order chi connectivity index (χ1) is 11.0. The van der Waals surface area contributed by atoms with Gasteiger partial charge >= 0.3 is 0 Å². The standard InChI is InChI=1S/C18H20ClNO2S/c1-12-10-17(7-8-20-12)16-14(9-15(19)23-16)18(21,11-22-17)13-5-3-2-4-6-13/h2-6,9,12,20-21H,7-8,10-11H2,1H3/t12-,17+,18?/m0/s1. The zero-order valence-corrected chi connectivity index (χ0v) is 14.6. The van der Waals surface area contributed by atoms with E-state index in [1.54, 1.807) is 11.3 Å². The molecule has 0 amide bonds. The third-order valence-corrected chi connectivity index (χ3v) is 6.48. The number of piperidine rings is 1. The van der Waals surface area contributed by atoms with Crippen LogP contribution >= 0.6 is 22.9 Å². The molecule has 2 aliphatic rings. The molecule has 1 aromatic heterocycles. The van der Waals surface area contributed by atoms with Gasteiger partial charge in [0.05, 0.1) is 10.9 Å². The van der Waals surface area contributed by atoms with Gasteiger partial charge in [0, 0.05) is 16.5 Å². The zero-order valence-electron chi connectivity index (χ0n) is 13.0. The molecule has 3 nitrogen and oxygen atoms in total. The van der Waals surface area contributed by atoms with Crippen LogP contribution in [0.4, 0.5) is 0 Å². The molecule has 5 heteroatoms. The Morgan fingerprint density at radius 1 is 1.35 bits per heavy atom. The maximum absolute atomic E-state index is 11.4. The van der Waals surface area contributed by atoms with Gasteiger partial charge in [-0.1, -0.05) is 41.9 Å². The average Bonchev–Trinajstić information content (AvgIpc) is 2.96. The Morgan fingerprint density at radius 3 is 2.87 bits per heavy atom. The lowest BCUT2D eigenvalue weighted by molar-refractivity contribution is -0.146. The smallest absolute Gasteiger partial charge is 0.139 e. The molecule has 4 rings (SSSR count). The van der Waals surface area contributed by atoms with Crippen LogP contribution in [0.2, 0.25) is 4.34 Å². The van der Waals surface area contributed by atoms with Crippen molar-refractivity contribution in [3.05, 3.63) is 56.7 Å². The molecule has 1 saturated heterocycles. The van der Waals surface area contributed by atoms with Gasteiger partial charge in [-0.15, -0.1) is 11.3 Å². The van der Waals surface area contributed by atoms with E-state index in [4.69, 9.17) is 16.3 Å². The molecule has 0 radical (unpaired) electrons. The van der Waals surface area contributed by atoms with Crippen LogP contribution in [-0.4, -0.2) is 24.3 Å².